The van der Waals surface area contributed by atoms with Crippen LogP contribution in [0.15, 0.2) is 24.3 Å². The second-order valence-corrected chi connectivity index (χ2v) is 5.15. The Morgan fingerprint density at radius 3 is 2.27 bits per heavy atom. The number of benzene rings is 1. The van der Waals surface area contributed by atoms with Crippen molar-refractivity contribution in [1.29, 1.82) is 0 Å². The number of hydrogen-bond donors (Lipinski definition) is 4. The smallest absolute Gasteiger partial charge is 0.333 e. The minimum Gasteiger partial charge on any atom is -0.508 e. The standard InChI is InChI=1S/C16H25N3O3/c1-2-3-4-5-6-7-12-17-16(22)19-18-15(21)13-8-10-14(20)11-9-13/h8-11,20H,2-7,12H2,1H3,(H,18,21)(H2,17,19,22). The third-order valence-electron chi connectivity index (χ3n) is 3.23. The van der Waals surface area contributed by atoms with E-state index in [4.69, 9.17) is 5.11 Å². The summed E-state index contributed by atoms with van der Waals surface area (Å²) in [5.41, 5.74) is 4.95. The van der Waals surface area contributed by atoms with Crippen molar-refractivity contribution >= 4 is 11.9 Å². The van der Waals surface area contributed by atoms with Crippen molar-refractivity contribution in [2.45, 2.75) is 45.4 Å². The molecule has 4 N–H and O–H groups in total. The van der Waals surface area contributed by atoms with Crippen molar-refractivity contribution in [3.63, 3.8) is 0 Å². The van der Waals surface area contributed by atoms with Gasteiger partial charge in [0, 0.05) is 12.1 Å². The molecule has 1 aromatic carbocycles. The number of hydrazine groups is 1. The molecule has 0 spiro atoms. The number of hydrogen-bond acceptors (Lipinski definition) is 3. The Hall–Kier alpha value is -2.24. The van der Waals surface area contributed by atoms with Crippen molar-refractivity contribution < 1.29 is 14.7 Å². The fraction of sp³-hybridized carbons (Fsp3) is 0.500. The SMILES string of the molecule is CCCCCCCCNC(=O)NNC(=O)c1ccc(O)cc1. The van der Waals surface area contributed by atoms with E-state index in [0.717, 1.165) is 12.8 Å². The molecule has 0 fully saturated rings. The Morgan fingerprint density at radius 2 is 1.59 bits per heavy atom. The highest BCUT2D eigenvalue weighted by Crippen LogP contribution is 2.09. The first-order valence-corrected chi connectivity index (χ1v) is 7.76. The zero-order valence-corrected chi connectivity index (χ0v) is 13.0. The third kappa shape index (κ3) is 7.52. The summed E-state index contributed by atoms with van der Waals surface area (Å²) in [5, 5.41) is 11.8. The monoisotopic (exact) mass is 307 g/mol. The van der Waals surface area contributed by atoms with Crippen LogP contribution in [-0.4, -0.2) is 23.6 Å². The molecule has 3 amide bonds. The Balaban J connectivity index is 2.10. The molecule has 1 rings (SSSR count). The topological polar surface area (TPSA) is 90.5 Å². The van der Waals surface area contributed by atoms with Crippen LogP contribution in [0.4, 0.5) is 4.79 Å². The van der Waals surface area contributed by atoms with Gasteiger partial charge < -0.3 is 10.4 Å². The number of rotatable bonds is 8. The summed E-state index contributed by atoms with van der Waals surface area (Å²) in [6.45, 7) is 2.77. The predicted molar refractivity (Wildman–Crippen MR) is 85.5 cm³/mol. The molecule has 0 radical (unpaired) electrons. The zero-order chi connectivity index (χ0) is 16.2. The third-order valence-corrected chi connectivity index (χ3v) is 3.23. The van der Waals surface area contributed by atoms with Crippen LogP contribution in [-0.2, 0) is 0 Å². The van der Waals surface area contributed by atoms with Crippen LogP contribution in [0.25, 0.3) is 0 Å². The summed E-state index contributed by atoms with van der Waals surface area (Å²) in [6.07, 6.45) is 6.95. The van der Waals surface area contributed by atoms with E-state index in [1.165, 1.54) is 49.9 Å². The van der Waals surface area contributed by atoms with Crippen molar-refractivity contribution in [2.75, 3.05) is 6.54 Å². The number of phenols is 1. The van der Waals surface area contributed by atoms with E-state index in [9.17, 15) is 9.59 Å². The van der Waals surface area contributed by atoms with Gasteiger partial charge >= 0.3 is 6.03 Å². The van der Waals surface area contributed by atoms with Gasteiger partial charge in [0.2, 0.25) is 0 Å². The van der Waals surface area contributed by atoms with E-state index in [1.54, 1.807) is 0 Å². The minimum absolute atomic E-state index is 0.0844. The zero-order valence-electron chi connectivity index (χ0n) is 13.0. The summed E-state index contributed by atoms with van der Waals surface area (Å²) in [5.74, 6) is -0.351. The highest BCUT2D eigenvalue weighted by atomic mass is 16.3. The second kappa shape index (κ2) is 10.5. The summed E-state index contributed by atoms with van der Waals surface area (Å²) in [4.78, 5) is 23.2. The quantitative estimate of drug-likeness (QED) is 0.439. The van der Waals surface area contributed by atoms with Crippen LogP contribution in [0.3, 0.4) is 0 Å². The van der Waals surface area contributed by atoms with Crippen molar-refractivity contribution in [3.8, 4) is 5.75 Å². The lowest BCUT2D eigenvalue weighted by atomic mass is 10.1. The lowest BCUT2D eigenvalue weighted by Gasteiger charge is -2.09. The van der Waals surface area contributed by atoms with Crippen LogP contribution >= 0.6 is 0 Å². The molecule has 122 valence electrons. The predicted octanol–water partition coefficient (Wildman–Crippen LogP) is 2.70. The summed E-state index contributed by atoms with van der Waals surface area (Å²) >= 11 is 0. The lowest BCUT2D eigenvalue weighted by molar-refractivity contribution is 0.0936. The van der Waals surface area contributed by atoms with Crippen LogP contribution in [0.1, 0.15) is 55.8 Å². The number of carbonyl (C=O) groups excluding carboxylic acids is 2. The Labute approximate surface area is 131 Å². The molecule has 0 atom stereocenters. The molecular formula is C16H25N3O3. The van der Waals surface area contributed by atoms with E-state index in [0.29, 0.717) is 12.1 Å². The number of unbranched alkanes of at least 4 members (excludes halogenated alkanes) is 5. The van der Waals surface area contributed by atoms with E-state index in [1.807, 2.05) is 0 Å². The summed E-state index contributed by atoms with van der Waals surface area (Å²) < 4.78 is 0. The molecule has 0 saturated carbocycles. The molecule has 0 unspecified atom stereocenters. The maximum Gasteiger partial charge on any atom is 0.333 e. The highest BCUT2D eigenvalue weighted by molar-refractivity contribution is 5.95. The molecule has 0 saturated heterocycles. The molecule has 1 aromatic rings. The number of amides is 3. The number of urea groups is 1. The first-order chi connectivity index (χ1) is 10.6. The van der Waals surface area contributed by atoms with Gasteiger partial charge in [-0.3, -0.25) is 10.2 Å². The maximum atomic E-state index is 11.7. The number of nitrogens with one attached hydrogen (secondary N) is 3. The highest BCUT2D eigenvalue weighted by Gasteiger charge is 2.06. The fourth-order valence-corrected chi connectivity index (χ4v) is 1.95. The van der Waals surface area contributed by atoms with Gasteiger partial charge in [0.25, 0.3) is 5.91 Å². The van der Waals surface area contributed by atoms with Crippen LogP contribution < -0.4 is 16.2 Å². The van der Waals surface area contributed by atoms with Crippen molar-refractivity contribution in [2.24, 2.45) is 0 Å². The molecule has 0 aliphatic carbocycles. The Morgan fingerprint density at radius 1 is 0.955 bits per heavy atom. The van der Waals surface area contributed by atoms with Crippen molar-refractivity contribution in [1.82, 2.24) is 16.2 Å². The minimum atomic E-state index is -0.435. The molecule has 0 aliphatic rings. The fourth-order valence-electron chi connectivity index (χ4n) is 1.95. The van der Waals surface area contributed by atoms with Crippen LogP contribution in [0.5, 0.6) is 5.75 Å². The van der Waals surface area contributed by atoms with Crippen molar-refractivity contribution in [3.05, 3.63) is 29.8 Å². The largest absolute Gasteiger partial charge is 0.508 e. The normalized spacial score (nSPS) is 10.0. The van der Waals surface area contributed by atoms with Gasteiger partial charge in [0.15, 0.2) is 0 Å². The second-order valence-electron chi connectivity index (χ2n) is 5.15. The average molecular weight is 307 g/mol. The molecular weight excluding hydrogens is 282 g/mol. The van der Waals surface area contributed by atoms with Gasteiger partial charge in [0.1, 0.15) is 5.75 Å². The average Bonchev–Trinajstić information content (AvgIpc) is 2.52. The summed E-state index contributed by atoms with van der Waals surface area (Å²) in [6, 6.07) is 5.34. The molecule has 0 aromatic heterocycles. The van der Waals surface area contributed by atoms with Gasteiger partial charge in [-0.25, -0.2) is 10.2 Å². The lowest BCUT2D eigenvalue weighted by Crippen LogP contribution is -2.47. The van der Waals surface area contributed by atoms with E-state index >= 15 is 0 Å². The maximum absolute atomic E-state index is 11.7. The van der Waals surface area contributed by atoms with Gasteiger partial charge in [0.05, 0.1) is 0 Å². The first kappa shape index (κ1) is 17.8. The van der Waals surface area contributed by atoms with Crippen LogP contribution in [0, 0.1) is 0 Å². The molecule has 6 nitrogen and oxygen atoms in total. The van der Waals surface area contributed by atoms with Crippen LogP contribution in [0.2, 0.25) is 0 Å². The number of aromatic hydroxyl groups is 1. The molecule has 0 bridgehead atoms. The number of carbonyl (C=O) groups is 2. The van der Waals surface area contributed by atoms with Gasteiger partial charge in [-0.05, 0) is 30.7 Å². The molecule has 0 aliphatic heterocycles. The van der Waals surface area contributed by atoms with E-state index < -0.39 is 11.9 Å². The summed E-state index contributed by atoms with van der Waals surface area (Å²) in [7, 11) is 0. The van der Waals surface area contributed by atoms with E-state index in [2.05, 4.69) is 23.1 Å². The van der Waals surface area contributed by atoms with E-state index in [-0.39, 0.29) is 5.75 Å². The number of phenolic OH excluding ortho intramolecular Hbond substituents is 1. The molecule has 0 heterocycles. The van der Waals surface area contributed by atoms with Gasteiger partial charge in [-0.2, -0.15) is 0 Å². The molecule has 6 heteroatoms. The molecule has 22 heavy (non-hydrogen) atoms. The first-order valence-electron chi connectivity index (χ1n) is 7.76. The van der Waals surface area contributed by atoms with Gasteiger partial charge in [-0.15, -0.1) is 0 Å². The van der Waals surface area contributed by atoms with Gasteiger partial charge in [-0.1, -0.05) is 39.0 Å². The Bertz CT molecular complexity index is 460. The Kier molecular flexibility index (Phi) is 8.49.